The third-order valence-corrected chi connectivity index (χ3v) is 5.28. The maximum absolute atomic E-state index is 12.6. The minimum Gasteiger partial charge on any atom is -0.338 e. The number of amides is 3. The Balaban J connectivity index is 1.62. The number of nitrogens with one attached hydrogen (secondary N) is 1. The normalized spacial score (nSPS) is 24.3. The van der Waals surface area contributed by atoms with Crippen LogP contribution in [0.4, 0.5) is 4.79 Å². The van der Waals surface area contributed by atoms with Crippen LogP contribution in [-0.2, 0) is 11.3 Å². The second-order valence-electron chi connectivity index (χ2n) is 6.88. The topological polar surface area (TPSA) is 52.7 Å². The molecule has 2 heterocycles. The largest absolute Gasteiger partial charge is 0.338 e. The molecule has 24 heavy (non-hydrogen) atoms. The van der Waals surface area contributed by atoms with Crippen LogP contribution in [0.15, 0.2) is 30.3 Å². The Morgan fingerprint density at radius 1 is 1.17 bits per heavy atom. The van der Waals surface area contributed by atoms with Gasteiger partial charge in [-0.1, -0.05) is 30.3 Å². The van der Waals surface area contributed by atoms with Crippen molar-refractivity contribution in [1.82, 2.24) is 15.1 Å². The number of piperidine rings is 1. The van der Waals surface area contributed by atoms with E-state index in [0.29, 0.717) is 31.3 Å². The summed E-state index contributed by atoms with van der Waals surface area (Å²) in [6.07, 6.45) is 2.55. The third-order valence-electron chi connectivity index (χ3n) is 5.28. The van der Waals surface area contributed by atoms with Crippen LogP contribution >= 0.6 is 0 Å². The predicted octanol–water partition coefficient (Wildman–Crippen LogP) is 2.48. The summed E-state index contributed by atoms with van der Waals surface area (Å²) in [6, 6.07) is 10.2. The lowest BCUT2D eigenvalue weighted by molar-refractivity contribution is -0.132. The molecule has 2 aliphatic heterocycles. The first-order valence-corrected chi connectivity index (χ1v) is 9.02. The number of fused-ring (bicyclic) bond motifs is 1. The average Bonchev–Trinajstić information content (AvgIpc) is 2.75. The summed E-state index contributed by atoms with van der Waals surface area (Å²) >= 11 is 0. The Kier molecular flexibility index (Phi) is 5.38. The van der Waals surface area contributed by atoms with Crippen LogP contribution in [0.25, 0.3) is 0 Å². The smallest absolute Gasteiger partial charge is 0.317 e. The summed E-state index contributed by atoms with van der Waals surface area (Å²) in [5, 5.41) is 2.89. The van der Waals surface area contributed by atoms with E-state index in [9.17, 15) is 9.59 Å². The molecular formula is C19H27N3O2. The lowest BCUT2D eigenvalue weighted by Crippen LogP contribution is -2.48. The van der Waals surface area contributed by atoms with Gasteiger partial charge in [-0.25, -0.2) is 4.79 Å². The molecule has 3 amide bonds. The molecule has 2 unspecified atom stereocenters. The van der Waals surface area contributed by atoms with Gasteiger partial charge in [-0.05, 0) is 37.2 Å². The first kappa shape index (κ1) is 16.8. The molecule has 0 saturated carbocycles. The minimum atomic E-state index is 0.0349. The van der Waals surface area contributed by atoms with Crippen LogP contribution in [0, 0.1) is 11.8 Å². The molecule has 130 valence electrons. The zero-order valence-electron chi connectivity index (χ0n) is 14.4. The molecule has 5 nitrogen and oxygen atoms in total. The Bertz CT molecular complexity index is 575. The maximum Gasteiger partial charge on any atom is 0.317 e. The molecule has 0 radical (unpaired) electrons. The summed E-state index contributed by atoms with van der Waals surface area (Å²) in [6.45, 7) is 5.63. The molecule has 2 saturated heterocycles. The second-order valence-corrected chi connectivity index (χ2v) is 6.88. The number of rotatable bonds is 3. The van der Waals surface area contributed by atoms with E-state index in [4.69, 9.17) is 0 Å². The quantitative estimate of drug-likeness (QED) is 0.926. The molecule has 1 N–H and O–H groups in total. The Labute approximate surface area is 144 Å². The van der Waals surface area contributed by atoms with Gasteiger partial charge in [0, 0.05) is 39.1 Å². The predicted molar refractivity (Wildman–Crippen MR) is 93.3 cm³/mol. The molecule has 3 rings (SSSR count). The van der Waals surface area contributed by atoms with E-state index in [-0.39, 0.29) is 11.9 Å². The van der Waals surface area contributed by atoms with Gasteiger partial charge in [0.05, 0.1) is 0 Å². The lowest BCUT2D eigenvalue weighted by atomic mass is 9.82. The summed E-state index contributed by atoms with van der Waals surface area (Å²) < 4.78 is 0. The number of nitrogens with zero attached hydrogens (tertiary/aromatic N) is 2. The van der Waals surface area contributed by atoms with Crippen molar-refractivity contribution in [3.63, 3.8) is 0 Å². The SMILES string of the molecule is CCNC(=O)N1CCC2CC(=O)N(Cc3ccccc3)CCC2C1. The Morgan fingerprint density at radius 3 is 2.67 bits per heavy atom. The zero-order valence-corrected chi connectivity index (χ0v) is 14.4. The standard InChI is InChI=1S/C19H27N3O2/c1-2-20-19(24)22-11-8-16-12-18(23)21(10-9-17(16)14-22)13-15-6-4-3-5-7-15/h3-7,16-17H,2,8-14H2,1H3,(H,20,24). The van der Waals surface area contributed by atoms with E-state index < -0.39 is 0 Å². The fourth-order valence-corrected chi connectivity index (χ4v) is 3.89. The molecule has 0 aromatic heterocycles. The van der Waals surface area contributed by atoms with Crippen LogP contribution in [0.2, 0.25) is 0 Å². The van der Waals surface area contributed by atoms with E-state index >= 15 is 0 Å². The first-order chi connectivity index (χ1) is 11.7. The van der Waals surface area contributed by atoms with E-state index in [0.717, 1.165) is 32.5 Å². The van der Waals surface area contributed by atoms with Gasteiger partial charge >= 0.3 is 6.03 Å². The van der Waals surface area contributed by atoms with Crippen molar-refractivity contribution < 1.29 is 9.59 Å². The highest BCUT2D eigenvalue weighted by molar-refractivity contribution is 5.77. The van der Waals surface area contributed by atoms with E-state index in [1.54, 1.807) is 0 Å². The minimum absolute atomic E-state index is 0.0349. The number of carbonyl (C=O) groups is 2. The molecule has 1 aromatic carbocycles. The summed E-state index contributed by atoms with van der Waals surface area (Å²) in [5.74, 6) is 1.12. The highest BCUT2D eigenvalue weighted by Gasteiger charge is 2.36. The molecule has 2 fully saturated rings. The van der Waals surface area contributed by atoms with Gasteiger partial charge in [0.15, 0.2) is 0 Å². The van der Waals surface area contributed by atoms with Gasteiger partial charge in [0.2, 0.25) is 5.91 Å². The number of benzene rings is 1. The number of hydrogen-bond acceptors (Lipinski definition) is 2. The fourth-order valence-electron chi connectivity index (χ4n) is 3.89. The lowest BCUT2D eigenvalue weighted by Gasteiger charge is -2.37. The molecule has 2 atom stereocenters. The van der Waals surface area contributed by atoms with Crippen LogP contribution in [0.3, 0.4) is 0 Å². The highest BCUT2D eigenvalue weighted by atomic mass is 16.2. The Morgan fingerprint density at radius 2 is 1.92 bits per heavy atom. The zero-order chi connectivity index (χ0) is 16.9. The summed E-state index contributed by atoms with van der Waals surface area (Å²) in [5.41, 5.74) is 1.18. The van der Waals surface area contributed by atoms with Gasteiger partial charge < -0.3 is 15.1 Å². The average molecular weight is 329 g/mol. The molecule has 2 aliphatic rings. The van der Waals surface area contributed by atoms with Gasteiger partial charge in [-0.15, -0.1) is 0 Å². The van der Waals surface area contributed by atoms with E-state index in [1.807, 2.05) is 34.9 Å². The van der Waals surface area contributed by atoms with Gasteiger partial charge in [-0.3, -0.25) is 4.79 Å². The van der Waals surface area contributed by atoms with Gasteiger partial charge in [-0.2, -0.15) is 0 Å². The van der Waals surface area contributed by atoms with Crippen molar-refractivity contribution in [1.29, 1.82) is 0 Å². The highest BCUT2D eigenvalue weighted by Crippen LogP contribution is 2.32. The number of urea groups is 1. The van der Waals surface area contributed by atoms with Crippen LogP contribution in [0.5, 0.6) is 0 Å². The maximum atomic E-state index is 12.6. The van der Waals surface area contributed by atoms with Crippen molar-refractivity contribution in [3.8, 4) is 0 Å². The monoisotopic (exact) mass is 329 g/mol. The molecule has 0 bridgehead atoms. The van der Waals surface area contributed by atoms with Gasteiger partial charge in [0.25, 0.3) is 0 Å². The van der Waals surface area contributed by atoms with Crippen LogP contribution in [-0.4, -0.2) is 47.9 Å². The van der Waals surface area contributed by atoms with Crippen molar-refractivity contribution >= 4 is 11.9 Å². The molecule has 1 aromatic rings. The number of hydrogen-bond donors (Lipinski definition) is 1. The number of carbonyl (C=O) groups excluding carboxylic acids is 2. The molecule has 0 spiro atoms. The molecule has 0 aliphatic carbocycles. The van der Waals surface area contributed by atoms with Crippen molar-refractivity contribution in [2.75, 3.05) is 26.2 Å². The van der Waals surface area contributed by atoms with Crippen LogP contribution < -0.4 is 5.32 Å². The van der Waals surface area contributed by atoms with Crippen molar-refractivity contribution in [2.24, 2.45) is 11.8 Å². The second kappa shape index (κ2) is 7.69. The Hall–Kier alpha value is -2.04. The van der Waals surface area contributed by atoms with Crippen molar-refractivity contribution in [3.05, 3.63) is 35.9 Å². The number of likely N-dealkylation sites (tertiary alicyclic amines) is 2. The fraction of sp³-hybridized carbons (Fsp3) is 0.579. The third kappa shape index (κ3) is 3.89. The molecular weight excluding hydrogens is 302 g/mol. The molecule has 5 heteroatoms. The van der Waals surface area contributed by atoms with E-state index in [1.165, 1.54) is 5.56 Å². The van der Waals surface area contributed by atoms with Crippen molar-refractivity contribution in [2.45, 2.75) is 32.7 Å². The van der Waals surface area contributed by atoms with E-state index in [2.05, 4.69) is 17.4 Å². The summed E-state index contributed by atoms with van der Waals surface area (Å²) in [4.78, 5) is 28.6. The summed E-state index contributed by atoms with van der Waals surface area (Å²) in [7, 11) is 0. The van der Waals surface area contributed by atoms with Gasteiger partial charge in [0.1, 0.15) is 0 Å². The van der Waals surface area contributed by atoms with Crippen LogP contribution in [0.1, 0.15) is 31.7 Å². The first-order valence-electron chi connectivity index (χ1n) is 9.02.